The molecule has 0 atom stereocenters. The summed E-state index contributed by atoms with van der Waals surface area (Å²) in [5.41, 5.74) is 9.83. The third-order valence-electron chi connectivity index (χ3n) is 7.20. The van der Waals surface area contributed by atoms with Crippen LogP contribution in [0.1, 0.15) is 40.2 Å². The fourth-order valence-electron chi connectivity index (χ4n) is 5.00. The van der Waals surface area contributed by atoms with Gasteiger partial charge in [-0.15, -0.1) is 0 Å². The molecule has 3 amide bonds. The SMILES string of the molecule is NC(=O)c1cnc(Nc2ccc(C3CCN(C(=O)N4CCOCC4)CC3)cc2)cc1NCc1ccccc1. The molecule has 3 aromatic rings. The molecule has 0 saturated carbocycles. The highest BCUT2D eigenvalue weighted by Crippen LogP contribution is 2.30. The third kappa shape index (κ3) is 6.23. The number of nitrogens with two attached hydrogens (primary N) is 1. The number of carbonyl (C=O) groups excluding carboxylic acids is 2. The van der Waals surface area contributed by atoms with Gasteiger partial charge in [-0.05, 0) is 42.0 Å². The van der Waals surface area contributed by atoms with Gasteiger partial charge in [-0.3, -0.25) is 4.79 Å². The summed E-state index contributed by atoms with van der Waals surface area (Å²) in [6, 6.07) is 20.3. The molecule has 4 N–H and O–H groups in total. The van der Waals surface area contributed by atoms with Crippen LogP contribution in [-0.2, 0) is 11.3 Å². The first kappa shape index (κ1) is 25.5. The number of urea groups is 1. The number of hydrogen-bond acceptors (Lipinski definition) is 6. The van der Waals surface area contributed by atoms with Crippen LogP contribution in [0.3, 0.4) is 0 Å². The second-order valence-electron chi connectivity index (χ2n) is 9.71. The van der Waals surface area contributed by atoms with E-state index in [9.17, 15) is 9.59 Å². The van der Waals surface area contributed by atoms with Crippen molar-refractivity contribution < 1.29 is 14.3 Å². The number of nitrogens with zero attached hydrogens (tertiary/aromatic N) is 3. The zero-order chi connectivity index (χ0) is 26.3. The predicted molar refractivity (Wildman–Crippen MR) is 148 cm³/mol. The van der Waals surface area contributed by atoms with Gasteiger partial charge in [-0.1, -0.05) is 42.5 Å². The highest BCUT2D eigenvalue weighted by atomic mass is 16.5. The standard InChI is InChI=1S/C29H34N6O3/c30-28(36)25-20-32-27(18-26(25)31-19-21-4-2-1-3-5-21)33-24-8-6-22(7-9-24)23-10-12-34(13-11-23)29(37)35-14-16-38-17-15-35/h1-9,18,20,23H,10-17,19H2,(H2,30,36)(H2,31,32,33). The van der Waals surface area contributed by atoms with Crippen LogP contribution in [0.5, 0.6) is 0 Å². The number of ether oxygens (including phenoxy) is 1. The highest BCUT2D eigenvalue weighted by molar-refractivity contribution is 5.98. The fourth-order valence-corrected chi connectivity index (χ4v) is 5.00. The van der Waals surface area contributed by atoms with E-state index in [4.69, 9.17) is 10.5 Å². The second-order valence-corrected chi connectivity index (χ2v) is 9.71. The number of hydrogen-bond donors (Lipinski definition) is 3. The maximum absolute atomic E-state index is 12.8. The van der Waals surface area contributed by atoms with E-state index in [2.05, 4.69) is 27.8 Å². The van der Waals surface area contributed by atoms with Crippen molar-refractivity contribution in [2.75, 3.05) is 50.0 Å². The molecule has 2 aliphatic rings. The Labute approximate surface area is 223 Å². The molecule has 2 saturated heterocycles. The predicted octanol–water partition coefficient (Wildman–Crippen LogP) is 4.17. The molecule has 9 nitrogen and oxygen atoms in total. The van der Waals surface area contributed by atoms with Gasteiger partial charge in [0.05, 0.1) is 24.5 Å². The van der Waals surface area contributed by atoms with Crippen LogP contribution in [0.25, 0.3) is 0 Å². The van der Waals surface area contributed by atoms with Crippen molar-refractivity contribution in [2.45, 2.75) is 25.3 Å². The van der Waals surface area contributed by atoms with Crippen molar-refractivity contribution in [2.24, 2.45) is 5.73 Å². The van der Waals surface area contributed by atoms with E-state index in [-0.39, 0.29) is 6.03 Å². The number of aromatic nitrogens is 1. The molecule has 2 aliphatic heterocycles. The maximum Gasteiger partial charge on any atom is 0.320 e. The summed E-state index contributed by atoms with van der Waals surface area (Å²) in [5.74, 6) is 0.523. The van der Waals surface area contributed by atoms with Gasteiger partial charge in [-0.2, -0.15) is 0 Å². The number of benzene rings is 2. The van der Waals surface area contributed by atoms with Crippen molar-refractivity contribution in [1.29, 1.82) is 0 Å². The average Bonchev–Trinajstić information content (AvgIpc) is 2.97. The van der Waals surface area contributed by atoms with Crippen LogP contribution < -0.4 is 16.4 Å². The van der Waals surface area contributed by atoms with Gasteiger partial charge >= 0.3 is 6.03 Å². The van der Waals surface area contributed by atoms with Crippen molar-refractivity contribution in [3.63, 3.8) is 0 Å². The molecule has 198 valence electrons. The Kier molecular flexibility index (Phi) is 8.04. The minimum absolute atomic E-state index is 0.138. The zero-order valence-corrected chi connectivity index (χ0v) is 21.4. The molecule has 0 spiro atoms. The van der Waals surface area contributed by atoms with Gasteiger partial charge in [0.2, 0.25) is 0 Å². The molecule has 1 aromatic heterocycles. The summed E-state index contributed by atoms with van der Waals surface area (Å²) < 4.78 is 5.36. The quantitative estimate of drug-likeness (QED) is 0.436. The number of amides is 3. The molecular weight excluding hydrogens is 480 g/mol. The summed E-state index contributed by atoms with van der Waals surface area (Å²) in [7, 11) is 0. The lowest BCUT2D eigenvalue weighted by Crippen LogP contribution is -2.50. The lowest BCUT2D eigenvalue weighted by molar-refractivity contribution is 0.0411. The number of carbonyl (C=O) groups is 2. The van der Waals surface area contributed by atoms with Crippen LogP contribution in [0.4, 0.5) is 22.0 Å². The fraction of sp³-hybridized carbons (Fsp3) is 0.345. The molecule has 2 aromatic carbocycles. The Balaban J connectivity index is 1.18. The van der Waals surface area contributed by atoms with E-state index in [0.29, 0.717) is 55.8 Å². The number of anilines is 3. The van der Waals surface area contributed by atoms with Crippen molar-refractivity contribution in [1.82, 2.24) is 14.8 Å². The van der Waals surface area contributed by atoms with E-state index in [1.54, 1.807) is 6.07 Å². The Morgan fingerprint density at radius 1 is 0.947 bits per heavy atom. The normalized spacial score (nSPS) is 16.2. The Bertz CT molecular complexity index is 1240. The van der Waals surface area contributed by atoms with Crippen molar-refractivity contribution in [3.05, 3.63) is 83.6 Å². The molecule has 5 rings (SSSR count). The number of morpholine rings is 1. The first-order valence-electron chi connectivity index (χ1n) is 13.1. The minimum Gasteiger partial charge on any atom is -0.380 e. The lowest BCUT2D eigenvalue weighted by Gasteiger charge is -2.37. The lowest BCUT2D eigenvalue weighted by atomic mass is 9.89. The molecule has 38 heavy (non-hydrogen) atoms. The number of likely N-dealkylation sites (tertiary alicyclic amines) is 1. The summed E-state index contributed by atoms with van der Waals surface area (Å²) in [5, 5.41) is 6.63. The first-order chi connectivity index (χ1) is 18.6. The number of nitrogens with one attached hydrogen (secondary N) is 2. The van der Waals surface area contributed by atoms with Gasteiger partial charge in [0, 0.05) is 50.7 Å². The summed E-state index contributed by atoms with van der Waals surface area (Å²) >= 11 is 0. The zero-order valence-electron chi connectivity index (χ0n) is 21.4. The van der Waals surface area contributed by atoms with Crippen LogP contribution >= 0.6 is 0 Å². The molecule has 0 aliphatic carbocycles. The topological polar surface area (TPSA) is 113 Å². The number of rotatable bonds is 7. The van der Waals surface area contributed by atoms with Crippen LogP contribution in [-0.4, -0.2) is 66.1 Å². The molecule has 0 radical (unpaired) electrons. The number of primary amides is 1. The maximum atomic E-state index is 12.8. The molecule has 0 bridgehead atoms. The number of piperidine rings is 1. The molecule has 3 heterocycles. The van der Waals surface area contributed by atoms with Gasteiger partial charge in [-0.25, -0.2) is 9.78 Å². The largest absolute Gasteiger partial charge is 0.380 e. The first-order valence-corrected chi connectivity index (χ1v) is 13.1. The molecule has 9 heteroatoms. The highest BCUT2D eigenvalue weighted by Gasteiger charge is 2.27. The van der Waals surface area contributed by atoms with Crippen molar-refractivity contribution >= 4 is 29.1 Å². The number of pyridine rings is 1. The van der Waals surface area contributed by atoms with E-state index < -0.39 is 5.91 Å². The van der Waals surface area contributed by atoms with E-state index >= 15 is 0 Å². The van der Waals surface area contributed by atoms with Crippen LogP contribution in [0.15, 0.2) is 66.9 Å². The molecule has 2 fully saturated rings. The smallest absolute Gasteiger partial charge is 0.320 e. The van der Waals surface area contributed by atoms with Gasteiger partial charge in [0.1, 0.15) is 5.82 Å². The van der Waals surface area contributed by atoms with Gasteiger partial charge in [0.15, 0.2) is 0 Å². The van der Waals surface area contributed by atoms with Gasteiger partial charge in [0.25, 0.3) is 5.91 Å². The Morgan fingerprint density at radius 3 is 2.32 bits per heavy atom. The minimum atomic E-state index is -0.526. The summed E-state index contributed by atoms with van der Waals surface area (Å²) in [6.07, 6.45) is 3.41. The van der Waals surface area contributed by atoms with Crippen LogP contribution in [0, 0.1) is 0 Å². The van der Waals surface area contributed by atoms with E-state index in [0.717, 1.165) is 37.2 Å². The van der Waals surface area contributed by atoms with E-state index in [1.165, 1.54) is 11.8 Å². The Hall–Kier alpha value is -4.11. The third-order valence-corrected chi connectivity index (χ3v) is 7.20. The van der Waals surface area contributed by atoms with Crippen LogP contribution in [0.2, 0.25) is 0 Å². The molecular formula is C29H34N6O3. The summed E-state index contributed by atoms with van der Waals surface area (Å²) in [4.78, 5) is 32.9. The van der Waals surface area contributed by atoms with Crippen molar-refractivity contribution in [3.8, 4) is 0 Å². The monoisotopic (exact) mass is 514 g/mol. The average molecular weight is 515 g/mol. The molecule has 0 unspecified atom stereocenters. The second kappa shape index (κ2) is 12.0. The van der Waals surface area contributed by atoms with Gasteiger partial charge < -0.3 is 30.9 Å². The van der Waals surface area contributed by atoms with E-state index in [1.807, 2.05) is 52.3 Å². The Morgan fingerprint density at radius 2 is 1.63 bits per heavy atom. The summed E-state index contributed by atoms with van der Waals surface area (Å²) in [6.45, 7) is 4.72.